The maximum Gasteiger partial charge on any atom is 0.222 e. The number of aromatic nitrogens is 5. The molecule has 9 nitrogen and oxygen atoms in total. The molecule has 1 fully saturated rings. The van der Waals surface area contributed by atoms with Gasteiger partial charge in [0.25, 0.3) is 0 Å². The number of rotatable bonds is 5. The molecule has 0 atom stereocenters. The first-order chi connectivity index (χ1) is 16.6. The number of carbonyl (C=O) groups excluding carboxylic acids is 1. The van der Waals surface area contributed by atoms with E-state index in [1.807, 2.05) is 55.8 Å². The monoisotopic (exact) mass is 454 g/mol. The molecule has 5 heterocycles. The van der Waals surface area contributed by atoms with Crippen molar-refractivity contribution in [3.8, 4) is 28.3 Å². The second kappa shape index (κ2) is 8.98. The Morgan fingerprint density at radius 2 is 1.85 bits per heavy atom. The Balaban J connectivity index is 1.44. The van der Waals surface area contributed by atoms with Gasteiger partial charge in [-0.15, -0.1) is 0 Å². The van der Waals surface area contributed by atoms with Crippen molar-refractivity contribution in [1.29, 1.82) is 5.26 Å². The maximum absolute atomic E-state index is 12.2. The molecule has 9 heteroatoms. The summed E-state index contributed by atoms with van der Waals surface area (Å²) in [5.74, 6) is 1.12. The molecule has 0 saturated carbocycles. The van der Waals surface area contributed by atoms with Crippen LogP contribution in [0, 0.1) is 11.3 Å². The molecular formula is C25H26N8O. The first-order valence-electron chi connectivity index (χ1n) is 11.5. The third kappa shape index (κ3) is 3.99. The summed E-state index contributed by atoms with van der Waals surface area (Å²) in [6.07, 6.45) is 10.6. The van der Waals surface area contributed by atoms with Gasteiger partial charge in [0.1, 0.15) is 11.9 Å². The van der Waals surface area contributed by atoms with Gasteiger partial charge in [0.2, 0.25) is 5.91 Å². The summed E-state index contributed by atoms with van der Waals surface area (Å²) < 4.78 is 3.51. The van der Waals surface area contributed by atoms with E-state index in [-0.39, 0.29) is 5.91 Å². The highest BCUT2D eigenvalue weighted by Crippen LogP contribution is 2.32. The Kier molecular flexibility index (Phi) is 5.72. The molecule has 0 bridgehead atoms. The van der Waals surface area contributed by atoms with Crippen LogP contribution in [0.15, 0.2) is 49.2 Å². The van der Waals surface area contributed by atoms with Crippen LogP contribution >= 0.6 is 0 Å². The molecule has 172 valence electrons. The molecule has 4 aromatic rings. The van der Waals surface area contributed by atoms with E-state index in [4.69, 9.17) is 4.98 Å². The van der Waals surface area contributed by atoms with Crippen LogP contribution in [0.5, 0.6) is 0 Å². The van der Waals surface area contributed by atoms with Crippen molar-refractivity contribution in [1.82, 2.24) is 29.3 Å². The highest BCUT2D eigenvalue weighted by atomic mass is 16.2. The molecule has 4 aromatic heterocycles. The van der Waals surface area contributed by atoms with E-state index in [9.17, 15) is 10.1 Å². The number of fused-ring (bicyclic) bond motifs is 1. The lowest BCUT2D eigenvalue weighted by molar-refractivity contribution is -0.131. The van der Waals surface area contributed by atoms with Gasteiger partial charge in [-0.25, -0.2) is 9.50 Å². The fraction of sp³-hybridized carbons (Fsp3) is 0.320. The number of piperazine rings is 1. The fourth-order valence-electron chi connectivity index (χ4n) is 4.44. The highest BCUT2D eigenvalue weighted by Gasteiger charge is 2.21. The van der Waals surface area contributed by atoms with Gasteiger partial charge < -0.3 is 9.80 Å². The summed E-state index contributed by atoms with van der Waals surface area (Å²) in [6.45, 7) is 5.01. The van der Waals surface area contributed by atoms with Crippen LogP contribution in [0.1, 0.15) is 25.3 Å². The maximum atomic E-state index is 12.2. The van der Waals surface area contributed by atoms with Crippen molar-refractivity contribution in [2.24, 2.45) is 7.05 Å². The predicted molar refractivity (Wildman–Crippen MR) is 129 cm³/mol. The SMILES string of the molecule is CCCC(=O)N1CCN(c2ccc(-c3cc(-c4cnn(C)c4)cn4ncc(C#N)c34)cn2)CC1. The first-order valence-corrected chi connectivity index (χ1v) is 11.5. The van der Waals surface area contributed by atoms with E-state index in [1.54, 1.807) is 15.4 Å². The minimum Gasteiger partial charge on any atom is -0.353 e. The van der Waals surface area contributed by atoms with Crippen molar-refractivity contribution in [3.63, 3.8) is 0 Å². The quantitative estimate of drug-likeness (QED) is 0.460. The molecule has 5 rings (SSSR count). The summed E-state index contributed by atoms with van der Waals surface area (Å²) in [7, 11) is 1.88. The standard InChI is InChI=1S/C25H26N8O/c1-3-4-24(34)32-9-7-31(8-10-32)23-6-5-18(13-27-23)22-11-19(21-15-28-30(2)16-21)17-33-25(22)20(12-26)14-29-33/h5-6,11,13-17H,3-4,7-10H2,1-2H3. The van der Waals surface area contributed by atoms with Crippen molar-refractivity contribution >= 4 is 17.2 Å². The van der Waals surface area contributed by atoms with Gasteiger partial charge in [-0.05, 0) is 24.6 Å². The first kappa shape index (κ1) is 21.6. The Hall–Kier alpha value is -4.19. The normalized spacial score (nSPS) is 13.9. The van der Waals surface area contributed by atoms with Crippen LogP contribution < -0.4 is 4.90 Å². The molecule has 1 saturated heterocycles. The van der Waals surface area contributed by atoms with Crippen LogP contribution in [-0.2, 0) is 11.8 Å². The van der Waals surface area contributed by atoms with Crippen LogP contribution in [0.3, 0.4) is 0 Å². The summed E-state index contributed by atoms with van der Waals surface area (Å²) in [4.78, 5) is 21.1. The van der Waals surface area contributed by atoms with Crippen molar-refractivity contribution in [2.45, 2.75) is 19.8 Å². The van der Waals surface area contributed by atoms with Gasteiger partial charge in [-0.2, -0.15) is 15.5 Å². The minimum absolute atomic E-state index is 0.233. The van der Waals surface area contributed by atoms with Crippen molar-refractivity contribution in [3.05, 3.63) is 54.7 Å². The third-order valence-electron chi connectivity index (χ3n) is 6.25. The number of pyridine rings is 2. The van der Waals surface area contributed by atoms with E-state index >= 15 is 0 Å². The lowest BCUT2D eigenvalue weighted by Crippen LogP contribution is -2.49. The van der Waals surface area contributed by atoms with Gasteiger partial charge in [0, 0.05) is 80.5 Å². The van der Waals surface area contributed by atoms with Crippen LogP contribution in [-0.4, -0.2) is 61.4 Å². The molecule has 0 radical (unpaired) electrons. The Bertz CT molecular complexity index is 1370. The van der Waals surface area contributed by atoms with Gasteiger partial charge in [0.15, 0.2) is 0 Å². The Labute approximate surface area is 197 Å². The number of anilines is 1. The molecule has 1 aliphatic heterocycles. The van der Waals surface area contributed by atoms with Gasteiger partial charge in [-0.1, -0.05) is 6.92 Å². The zero-order chi connectivity index (χ0) is 23.7. The zero-order valence-corrected chi connectivity index (χ0v) is 19.3. The second-order valence-electron chi connectivity index (χ2n) is 8.53. The summed E-state index contributed by atoms with van der Waals surface area (Å²) in [5.41, 5.74) is 5.01. The smallest absolute Gasteiger partial charge is 0.222 e. The molecule has 34 heavy (non-hydrogen) atoms. The fourth-order valence-corrected chi connectivity index (χ4v) is 4.44. The predicted octanol–water partition coefficient (Wildman–Crippen LogP) is 3.12. The van der Waals surface area contributed by atoms with Crippen LogP contribution in [0.2, 0.25) is 0 Å². The number of carbonyl (C=O) groups is 1. The topological polar surface area (TPSA) is 95.4 Å². The minimum atomic E-state index is 0.233. The van der Waals surface area contributed by atoms with Gasteiger partial charge in [-0.3, -0.25) is 9.48 Å². The molecule has 0 spiro atoms. The number of aryl methyl sites for hydroxylation is 1. The summed E-state index contributed by atoms with van der Waals surface area (Å²) in [5, 5.41) is 18.3. The summed E-state index contributed by atoms with van der Waals surface area (Å²) in [6, 6.07) is 8.35. The van der Waals surface area contributed by atoms with Gasteiger partial charge >= 0.3 is 0 Å². The van der Waals surface area contributed by atoms with Gasteiger partial charge in [0.05, 0.1) is 23.5 Å². The van der Waals surface area contributed by atoms with Crippen LogP contribution in [0.25, 0.3) is 27.8 Å². The lowest BCUT2D eigenvalue weighted by atomic mass is 10.0. The van der Waals surface area contributed by atoms with E-state index in [2.05, 4.69) is 27.2 Å². The Morgan fingerprint density at radius 1 is 1.03 bits per heavy atom. The lowest BCUT2D eigenvalue weighted by Gasteiger charge is -2.35. The van der Waals surface area contributed by atoms with E-state index in [0.717, 1.165) is 66.2 Å². The number of hydrogen-bond acceptors (Lipinski definition) is 6. The van der Waals surface area contributed by atoms with E-state index in [1.165, 1.54) is 0 Å². The molecular weight excluding hydrogens is 428 g/mol. The summed E-state index contributed by atoms with van der Waals surface area (Å²) >= 11 is 0. The van der Waals surface area contributed by atoms with Crippen molar-refractivity contribution in [2.75, 3.05) is 31.1 Å². The van der Waals surface area contributed by atoms with Crippen LogP contribution in [0.4, 0.5) is 5.82 Å². The third-order valence-corrected chi connectivity index (χ3v) is 6.25. The molecule has 1 amide bonds. The largest absolute Gasteiger partial charge is 0.353 e. The average molecular weight is 455 g/mol. The number of hydrogen-bond donors (Lipinski definition) is 0. The molecule has 0 aromatic carbocycles. The second-order valence-corrected chi connectivity index (χ2v) is 8.53. The van der Waals surface area contributed by atoms with Crippen molar-refractivity contribution < 1.29 is 4.79 Å². The highest BCUT2D eigenvalue weighted by molar-refractivity contribution is 5.87. The molecule has 0 N–H and O–H groups in total. The number of nitriles is 1. The van der Waals surface area contributed by atoms with E-state index < -0.39 is 0 Å². The molecule has 0 aliphatic carbocycles. The molecule has 1 aliphatic rings. The van der Waals surface area contributed by atoms with E-state index in [0.29, 0.717) is 12.0 Å². The zero-order valence-electron chi connectivity index (χ0n) is 19.3. The molecule has 0 unspecified atom stereocenters. The number of amides is 1. The average Bonchev–Trinajstić information content (AvgIpc) is 3.50. The Morgan fingerprint density at radius 3 is 2.50 bits per heavy atom. The number of nitrogens with zero attached hydrogens (tertiary/aromatic N) is 8.